The smallest absolute Gasteiger partial charge is 0.186 e. The fourth-order valence-electron chi connectivity index (χ4n) is 1.09. The Hall–Kier alpha value is -0.870. The van der Waals surface area contributed by atoms with Crippen LogP contribution in [0.2, 0.25) is 5.02 Å². The minimum atomic E-state index is -3.58. The van der Waals surface area contributed by atoms with Gasteiger partial charge in [0.05, 0.1) is 9.92 Å². The summed E-state index contributed by atoms with van der Waals surface area (Å²) in [5.41, 5.74) is 0. The van der Waals surface area contributed by atoms with Gasteiger partial charge in [0.15, 0.2) is 9.84 Å². The molecule has 5 heteroatoms. The number of benzene rings is 1. The Morgan fingerprint density at radius 3 is 2.47 bits per heavy atom. The van der Waals surface area contributed by atoms with Gasteiger partial charge in [-0.15, -0.1) is 0 Å². The molecule has 1 aromatic carbocycles. The average molecular weight is 247 g/mol. The van der Waals surface area contributed by atoms with Gasteiger partial charge in [0.1, 0.15) is 11.5 Å². The van der Waals surface area contributed by atoms with Gasteiger partial charge >= 0.3 is 0 Å². The van der Waals surface area contributed by atoms with Crippen LogP contribution in [0.25, 0.3) is 0 Å². The van der Waals surface area contributed by atoms with E-state index in [4.69, 9.17) is 11.6 Å². The second-order valence-corrected chi connectivity index (χ2v) is 5.45. The average Bonchev–Trinajstić information content (AvgIpc) is 2.17. The highest BCUT2D eigenvalue weighted by Gasteiger charge is 2.20. The molecule has 0 aliphatic rings. The van der Waals surface area contributed by atoms with E-state index in [1.54, 1.807) is 19.1 Å². The zero-order valence-electron chi connectivity index (χ0n) is 8.23. The van der Waals surface area contributed by atoms with Gasteiger partial charge in [-0.25, -0.2) is 8.42 Å². The minimum absolute atomic E-state index is 0.0217. The molecule has 3 nitrogen and oxygen atoms in total. The van der Waals surface area contributed by atoms with Crippen molar-refractivity contribution in [3.8, 4) is 0 Å². The second kappa shape index (κ2) is 4.77. The number of carbonyl (C=O) groups excluding carboxylic acids is 1. The van der Waals surface area contributed by atoms with Crippen LogP contribution in [0.1, 0.15) is 13.3 Å². The summed E-state index contributed by atoms with van der Waals surface area (Å²) in [4.78, 5) is 11.1. The number of hydrogen-bond acceptors (Lipinski definition) is 3. The quantitative estimate of drug-likeness (QED) is 0.818. The molecule has 0 radical (unpaired) electrons. The first-order chi connectivity index (χ1) is 6.97. The molecule has 0 aromatic heterocycles. The summed E-state index contributed by atoms with van der Waals surface area (Å²) in [7, 11) is -3.58. The maximum absolute atomic E-state index is 11.7. The fourth-order valence-corrected chi connectivity index (χ4v) is 3.01. The first kappa shape index (κ1) is 12.2. The molecular weight excluding hydrogens is 236 g/mol. The highest BCUT2D eigenvalue weighted by Crippen LogP contribution is 2.21. The Bertz CT molecular complexity index is 465. The van der Waals surface area contributed by atoms with Gasteiger partial charge in [0.25, 0.3) is 0 Å². The highest BCUT2D eigenvalue weighted by atomic mass is 35.5. The van der Waals surface area contributed by atoms with E-state index in [0.717, 1.165) is 0 Å². The predicted octanol–water partition coefficient (Wildman–Crippen LogP) is 2.09. The summed E-state index contributed by atoms with van der Waals surface area (Å²) in [6.07, 6.45) is 0.212. The number of carbonyl (C=O) groups is 1. The van der Waals surface area contributed by atoms with Crippen molar-refractivity contribution < 1.29 is 13.2 Å². The van der Waals surface area contributed by atoms with E-state index in [2.05, 4.69) is 0 Å². The van der Waals surface area contributed by atoms with E-state index in [-0.39, 0.29) is 22.1 Å². The number of rotatable bonds is 4. The zero-order chi connectivity index (χ0) is 11.5. The van der Waals surface area contributed by atoms with Crippen molar-refractivity contribution in [2.45, 2.75) is 18.2 Å². The van der Waals surface area contributed by atoms with Crippen molar-refractivity contribution in [3.05, 3.63) is 29.3 Å². The summed E-state index contributed by atoms with van der Waals surface area (Å²) in [6, 6.07) is 6.11. The molecule has 0 unspecified atom stereocenters. The molecule has 0 aliphatic carbocycles. The van der Waals surface area contributed by atoms with Gasteiger partial charge in [-0.3, -0.25) is 4.79 Å². The molecule has 0 aliphatic heterocycles. The van der Waals surface area contributed by atoms with Gasteiger partial charge in [-0.05, 0) is 12.1 Å². The molecule has 1 aromatic rings. The molecule has 0 amide bonds. The van der Waals surface area contributed by atoms with Crippen LogP contribution in [0.15, 0.2) is 29.2 Å². The van der Waals surface area contributed by atoms with Crippen LogP contribution >= 0.6 is 11.6 Å². The SMILES string of the molecule is CCC(=O)CS(=O)(=O)c1ccccc1Cl. The molecule has 15 heavy (non-hydrogen) atoms. The first-order valence-electron chi connectivity index (χ1n) is 4.46. The molecule has 82 valence electrons. The number of sulfone groups is 1. The molecule has 0 N–H and O–H groups in total. The predicted molar refractivity (Wildman–Crippen MR) is 58.8 cm³/mol. The van der Waals surface area contributed by atoms with E-state index in [0.29, 0.717) is 0 Å². The summed E-state index contributed by atoms with van der Waals surface area (Å²) in [6.45, 7) is 1.63. The van der Waals surface area contributed by atoms with Crippen LogP contribution in [0.5, 0.6) is 0 Å². The van der Waals surface area contributed by atoms with Crippen LogP contribution in [-0.2, 0) is 14.6 Å². The van der Waals surface area contributed by atoms with E-state index < -0.39 is 15.6 Å². The molecule has 0 atom stereocenters. The normalized spacial score (nSPS) is 11.3. The van der Waals surface area contributed by atoms with E-state index in [1.165, 1.54) is 12.1 Å². The lowest BCUT2D eigenvalue weighted by Gasteiger charge is -2.04. The van der Waals surface area contributed by atoms with Gasteiger partial charge in [-0.1, -0.05) is 30.7 Å². The van der Waals surface area contributed by atoms with Gasteiger partial charge < -0.3 is 0 Å². The van der Waals surface area contributed by atoms with Gasteiger partial charge in [0, 0.05) is 6.42 Å². The third kappa shape index (κ3) is 3.04. The largest absolute Gasteiger partial charge is 0.299 e. The fraction of sp³-hybridized carbons (Fsp3) is 0.300. The molecule has 0 bridgehead atoms. The molecule has 0 heterocycles. The number of halogens is 1. The van der Waals surface area contributed by atoms with Crippen LogP contribution in [0, 0.1) is 0 Å². The van der Waals surface area contributed by atoms with Crippen molar-refractivity contribution in [3.63, 3.8) is 0 Å². The first-order valence-corrected chi connectivity index (χ1v) is 6.49. The topological polar surface area (TPSA) is 51.2 Å². The van der Waals surface area contributed by atoms with Crippen LogP contribution in [0.3, 0.4) is 0 Å². The molecule has 0 spiro atoms. The molecular formula is C10H11ClO3S. The summed E-state index contributed by atoms with van der Waals surface area (Å²) < 4.78 is 23.4. The molecule has 1 rings (SSSR count). The number of Topliss-reactive ketones (excluding diaryl/α,β-unsaturated/α-hetero) is 1. The van der Waals surface area contributed by atoms with E-state index in [9.17, 15) is 13.2 Å². The Kier molecular flexibility index (Phi) is 3.88. The Balaban J connectivity index is 3.07. The maximum Gasteiger partial charge on any atom is 0.186 e. The highest BCUT2D eigenvalue weighted by molar-refractivity contribution is 7.92. The van der Waals surface area contributed by atoms with Crippen molar-refractivity contribution in [2.24, 2.45) is 0 Å². The molecule has 0 fully saturated rings. The minimum Gasteiger partial charge on any atom is -0.299 e. The van der Waals surface area contributed by atoms with Crippen molar-refractivity contribution in [1.82, 2.24) is 0 Å². The lowest BCUT2D eigenvalue weighted by Crippen LogP contribution is -2.15. The summed E-state index contributed by atoms with van der Waals surface area (Å²) >= 11 is 5.74. The maximum atomic E-state index is 11.7. The van der Waals surface area contributed by atoms with E-state index >= 15 is 0 Å². The second-order valence-electron chi connectivity index (χ2n) is 3.08. The summed E-state index contributed by atoms with van der Waals surface area (Å²) in [5.74, 6) is -0.789. The van der Waals surface area contributed by atoms with Crippen LogP contribution < -0.4 is 0 Å². The molecule has 0 saturated heterocycles. The summed E-state index contributed by atoms with van der Waals surface area (Å²) in [5, 5.41) is 0.154. The number of ketones is 1. The van der Waals surface area contributed by atoms with Crippen molar-refractivity contribution in [1.29, 1.82) is 0 Å². The van der Waals surface area contributed by atoms with Crippen molar-refractivity contribution in [2.75, 3.05) is 5.75 Å². The Morgan fingerprint density at radius 1 is 1.33 bits per heavy atom. The van der Waals surface area contributed by atoms with Crippen LogP contribution in [0.4, 0.5) is 0 Å². The third-order valence-corrected chi connectivity index (χ3v) is 4.09. The third-order valence-electron chi connectivity index (χ3n) is 1.92. The lowest BCUT2D eigenvalue weighted by atomic mass is 10.3. The number of hydrogen-bond donors (Lipinski definition) is 0. The Morgan fingerprint density at radius 2 is 1.93 bits per heavy atom. The zero-order valence-corrected chi connectivity index (χ0v) is 9.81. The van der Waals surface area contributed by atoms with Gasteiger partial charge in [-0.2, -0.15) is 0 Å². The Labute approximate surface area is 94.0 Å². The van der Waals surface area contributed by atoms with Crippen molar-refractivity contribution >= 4 is 27.2 Å². The van der Waals surface area contributed by atoms with Gasteiger partial charge in [0.2, 0.25) is 0 Å². The monoisotopic (exact) mass is 246 g/mol. The lowest BCUT2D eigenvalue weighted by molar-refractivity contribution is -0.116. The standard InChI is InChI=1S/C10H11ClO3S/c1-2-8(12)7-15(13,14)10-6-4-3-5-9(10)11/h3-6H,2,7H2,1H3. The van der Waals surface area contributed by atoms with E-state index in [1.807, 2.05) is 0 Å². The van der Waals surface area contributed by atoms with Crippen LogP contribution in [-0.4, -0.2) is 20.0 Å². The molecule has 0 saturated carbocycles.